The minimum absolute atomic E-state index is 0.208. The van der Waals surface area contributed by atoms with E-state index in [1.807, 2.05) is 26.9 Å². The lowest BCUT2D eigenvalue weighted by atomic mass is 10.2. The molecule has 0 aromatic heterocycles. The average Bonchev–Trinajstić information content (AvgIpc) is 1.95. The van der Waals surface area contributed by atoms with Crippen LogP contribution < -0.4 is 0 Å². The lowest BCUT2D eigenvalue weighted by Crippen LogP contribution is -2.37. The van der Waals surface area contributed by atoms with Crippen LogP contribution in [0.1, 0.15) is 20.3 Å². The van der Waals surface area contributed by atoms with Gasteiger partial charge in [0.05, 0.1) is 6.61 Å². The maximum atomic E-state index is 11.6. The first-order valence-electron chi connectivity index (χ1n) is 4.74. The third-order valence-electron chi connectivity index (χ3n) is 1.62. The second kappa shape index (κ2) is 5.52. The van der Waals surface area contributed by atoms with Crippen LogP contribution in [0.4, 0.5) is 0 Å². The number of ether oxygens (including phenoxy) is 1. The van der Waals surface area contributed by atoms with Crippen LogP contribution in [-0.2, 0) is 9.53 Å². The molecule has 0 heterocycles. The maximum absolute atomic E-state index is 11.6. The number of halogens is 2. The van der Waals surface area contributed by atoms with Gasteiger partial charge in [0.2, 0.25) is 0 Å². The fourth-order valence-electron chi connectivity index (χ4n) is 1.21. The molecule has 0 aromatic rings. The molecule has 1 atom stereocenters. The molecule has 14 heavy (non-hydrogen) atoms. The van der Waals surface area contributed by atoms with Crippen molar-refractivity contribution in [3.05, 3.63) is 0 Å². The van der Waals surface area contributed by atoms with Gasteiger partial charge in [0.15, 0.2) is 7.38 Å². The highest BCUT2D eigenvalue weighted by atomic mass is 79.9. The highest BCUT2D eigenvalue weighted by Gasteiger charge is 2.38. The molecule has 0 amide bonds. The SMILES string of the molecule is CCCOC(=O)C(C)(Br)C[Si](C)(C)Cl. The Morgan fingerprint density at radius 1 is 1.57 bits per heavy atom. The van der Waals surface area contributed by atoms with Crippen molar-refractivity contribution in [1.29, 1.82) is 0 Å². The van der Waals surface area contributed by atoms with Gasteiger partial charge in [-0.3, -0.25) is 4.79 Å². The van der Waals surface area contributed by atoms with Crippen molar-refractivity contribution >= 4 is 40.4 Å². The standard InChI is InChI=1S/C9H18BrClO2Si/c1-5-6-13-8(12)9(2,10)7-14(3,4)11/h5-7H2,1-4H3. The molecule has 0 spiro atoms. The van der Waals surface area contributed by atoms with E-state index in [1.54, 1.807) is 0 Å². The van der Waals surface area contributed by atoms with E-state index in [0.717, 1.165) is 6.42 Å². The first-order chi connectivity index (χ1) is 6.19. The van der Waals surface area contributed by atoms with Crippen molar-refractivity contribution in [3.8, 4) is 0 Å². The van der Waals surface area contributed by atoms with Crippen LogP contribution in [0.15, 0.2) is 0 Å². The van der Waals surface area contributed by atoms with E-state index in [0.29, 0.717) is 12.7 Å². The van der Waals surface area contributed by atoms with E-state index in [1.165, 1.54) is 0 Å². The number of hydrogen-bond acceptors (Lipinski definition) is 2. The maximum Gasteiger partial charge on any atom is 0.322 e. The van der Waals surface area contributed by atoms with Gasteiger partial charge in [-0.2, -0.15) is 11.1 Å². The van der Waals surface area contributed by atoms with Gasteiger partial charge in [-0.05, 0) is 19.4 Å². The van der Waals surface area contributed by atoms with Crippen LogP contribution >= 0.6 is 27.0 Å². The van der Waals surface area contributed by atoms with E-state index in [-0.39, 0.29) is 5.97 Å². The summed E-state index contributed by atoms with van der Waals surface area (Å²) >= 11 is 9.59. The van der Waals surface area contributed by atoms with Gasteiger partial charge in [0.1, 0.15) is 4.32 Å². The van der Waals surface area contributed by atoms with E-state index < -0.39 is 11.7 Å². The normalized spacial score (nSPS) is 16.1. The van der Waals surface area contributed by atoms with E-state index in [4.69, 9.17) is 15.8 Å². The molecule has 2 nitrogen and oxygen atoms in total. The van der Waals surface area contributed by atoms with Gasteiger partial charge in [-0.25, -0.2) is 0 Å². The molecule has 0 aromatic carbocycles. The molecule has 0 saturated carbocycles. The summed E-state index contributed by atoms with van der Waals surface area (Å²) in [5, 5.41) is 0. The summed E-state index contributed by atoms with van der Waals surface area (Å²) < 4.78 is 4.45. The molecule has 1 unspecified atom stereocenters. The molecule has 5 heteroatoms. The Labute approximate surface area is 100 Å². The molecule has 0 aliphatic rings. The second-order valence-corrected chi connectivity index (χ2v) is 12.8. The van der Waals surface area contributed by atoms with Crippen molar-refractivity contribution in [1.82, 2.24) is 0 Å². The van der Waals surface area contributed by atoms with E-state index in [9.17, 15) is 4.79 Å². The van der Waals surface area contributed by atoms with E-state index >= 15 is 0 Å². The predicted octanol–water partition coefficient (Wildman–Crippen LogP) is 3.54. The monoisotopic (exact) mass is 300 g/mol. The molecule has 0 N–H and O–H groups in total. The molecule has 84 valence electrons. The van der Waals surface area contributed by atoms with Crippen molar-refractivity contribution in [3.63, 3.8) is 0 Å². The van der Waals surface area contributed by atoms with Crippen molar-refractivity contribution in [2.45, 2.75) is 43.7 Å². The molecule has 0 rings (SSSR count). The van der Waals surface area contributed by atoms with Gasteiger partial charge in [0.25, 0.3) is 0 Å². The highest BCUT2D eigenvalue weighted by molar-refractivity contribution is 9.10. The summed E-state index contributed by atoms with van der Waals surface area (Å²) in [4.78, 5) is 11.6. The van der Waals surface area contributed by atoms with Crippen LogP contribution in [0.2, 0.25) is 19.1 Å². The molecule has 0 radical (unpaired) electrons. The van der Waals surface area contributed by atoms with E-state index in [2.05, 4.69) is 15.9 Å². The lowest BCUT2D eigenvalue weighted by molar-refractivity contribution is -0.145. The van der Waals surface area contributed by atoms with Gasteiger partial charge in [-0.1, -0.05) is 35.9 Å². The summed E-state index contributed by atoms with van der Waals surface area (Å²) in [5.74, 6) is -0.208. The molecule has 0 saturated heterocycles. The van der Waals surface area contributed by atoms with Gasteiger partial charge in [0, 0.05) is 0 Å². The summed E-state index contributed by atoms with van der Waals surface area (Å²) in [5.41, 5.74) is 0. The van der Waals surface area contributed by atoms with Crippen molar-refractivity contribution < 1.29 is 9.53 Å². The largest absolute Gasteiger partial charge is 0.465 e. The minimum Gasteiger partial charge on any atom is -0.465 e. The molecular formula is C9H18BrClO2Si. The van der Waals surface area contributed by atoms with Crippen LogP contribution in [0, 0.1) is 0 Å². The van der Waals surface area contributed by atoms with Crippen molar-refractivity contribution in [2.24, 2.45) is 0 Å². The first-order valence-corrected chi connectivity index (χ1v) is 9.75. The zero-order valence-electron chi connectivity index (χ0n) is 9.19. The summed E-state index contributed by atoms with van der Waals surface area (Å²) in [7, 11) is -1.77. The van der Waals surface area contributed by atoms with Crippen molar-refractivity contribution in [2.75, 3.05) is 6.61 Å². The molecular weight excluding hydrogens is 284 g/mol. The quantitative estimate of drug-likeness (QED) is 0.336. The first kappa shape index (κ1) is 14.5. The fraction of sp³-hybridized carbons (Fsp3) is 0.889. The minimum atomic E-state index is -1.77. The Morgan fingerprint density at radius 3 is 2.43 bits per heavy atom. The lowest BCUT2D eigenvalue weighted by Gasteiger charge is -2.25. The van der Waals surface area contributed by atoms with Crippen LogP contribution in [0.3, 0.4) is 0 Å². The fourth-order valence-corrected chi connectivity index (χ4v) is 6.43. The Hall–Kier alpha value is 0.457. The van der Waals surface area contributed by atoms with Gasteiger partial charge < -0.3 is 4.74 Å². The zero-order chi connectivity index (χ0) is 11.4. The number of carbonyl (C=O) groups excluding carboxylic acids is 1. The number of alkyl halides is 1. The summed E-state index contributed by atoms with van der Waals surface area (Å²) in [6, 6.07) is 0.671. The molecule has 0 aliphatic carbocycles. The Kier molecular flexibility index (Phi) is 5.70. The van der Waals surface area contributed by atoms with Gasteiger partial charge >= 0.3 is 5.97 Å². The number of esters is 1. The molecule has 0 fully saturated rings. The van der Waals surface area contributed by atoms with Gasteiger partial charge in [-0.15, -0.1) is 0 Å². The smallest absolute Gasteiger partial charge is 0.322 e. The van der Waals surface area contributed by atoms with Crippen LogP contribution in [0.5, 0.6) is 0 Å². The Morgan fingerprint density at radius 2 is 2.07 bits per heavy atom. The Balaban J connectivity index is 4.23. The number of rotatable bonds is 5. The average molecular weight is 302 g/mol. The number of hydrogen-bond donors (Lipinski definition) is 0. The zero-order valence-corrected chi connectivity index (χ0v) is 12.5. The predicted molar refractivity (Wildman–Crippen MR) is 66.7 cm³/mol. The molecule has 0 bridgehead atoms. The highest BCUT2D eigenvalue weighted by Crippen LogP contribution is 2.32. The Bertz CT molecular complexity index is 201. The number of carbonyl (C=O) groups is 1. The van der Waals surface area contributed by atoms with Crippen LogP contribution in [0.25, 0.3) is 0 Å². The third-order valence-corrected chi connectivity index (χ3v) is 4.69. The second-order valence-electron chi connectivity index (χ2n) is 4.23. The third kappa shape index (κ3) is 6.04. The topological polar surface area (TPSA) is 26.3 Å². The summed E-state index contributed by atoms with van der Waals surface area (Å²) in [6.07, 6.45) is 0.844. The summed E-state index contributed by atoms with van der Waals surface area (Å²) in [6.45, 7) is 8.30. The van der Waals surface area contributed by atoms with Crippen LogP contribution in [-0.4, -0.2) is 24.3 Å². The molecule has 0 aliphatic heterocycles.